The molecule has 4 N–H and O–H groups in total. The smallest absolute Gasteiger partial charge is 0.319 e. The Morgan fingerprint density at radius 2 is 2.16 bits per heavy atom. The number of ether oxygens (including phenoxy) is 1. The highest BCUT2D eigenvalue weighted by Gasteiger charge is 2.55. The van der Waals surface area contributed by atoms with Crippen LogP contribution in [-0.2, 0) is 14.9 Å². The minimum Gasteiger partial charge on any atom is -0.465 e. The number of imidazole rings is 1. The first-order valence-corrected chi connectivity index (χ1v) is 6.00. The van der Waals surface area contributed by atoms with Gasteiger partial charge in [0.05, 0.1) is 6.61 Å². The molecular formula is C11H13N5O3. The van der Waals surface area contributed by atoms with E-state index in [1.54, 1.807) is 6.92 Å². The number of rotatable bonds is 3. The third-order valence-electron chi connectivity index (χ3n) is 3.25. The summed E-state index contributed by atoms with van der Waals surface area (Å²) in [6.07, 6.45) is 1.30. The molecule has 1 aliphatic carbocycles. The van der Waals surface area contributed by atoms with Gasteiger partial charge in [0.15, 0.2) is 11.2 Å². The molecule has 0 spiro atoms. The highest BCUT2D eigenvalue weighted by Crippen LogP contribution is 2.48. The van der Waals surface area contributed by atoms with Crippen LogP contribution in [0.5, 0.6) is 0 Å². The van der Waals surface area contributed by atoms with Crippen molar-refractivity contribution in [1.82, 2.24) is 19.9 Å². The van der Waals surface area contributed by atoms with E-state index < -0.39 is 11.0 Å². The zero-order valence-electron chi connectivity index (χ0n) is 10.3. The minimum atomic E-state index is -0.752. The third-order valence-corrected chi connectivity index (χ3v) is 3.25. The quantitative estimate of drug-likeness (QED) is 0.659. The number of nitrogens with one attached hydrogen (secondary N) is 2. The van der Waals surface area contributed by atoms with Crippen molar-refractivity contribution in [3.63, 3.8) is 0 Å². The van der Waals surface area contributed by atoms with Crippen LogP contribution in [-0.4, -0.2) is 32.5 Å². The Bertz CT molecular complexity index is 713. The summed E-state index contributed by atoms with van der Waals surface area (Å²) in [5.41, 5.74) is 4.74. The van der Waals surface area contributed by atoms with Gasteiger partial charge in [0.2, 0.25) is 5.95 Å². The van der Waals surface area contributed by atoms with E-state index in [1.807, 2.05) is 0 Å². The number of H-pyrrole nitrogens is 2. The van der Waals surface area contributed by atoms with Crippen LogP contribution in [0.1, 0.15) is 25.6 Å². The standard InChI is InChI=1S/C11H13N5O3/c1-2-19-9(18)11(3-4-11)8-13-5-6(14-8)15-10(12)16-7(5)17/h2-4H2,1H3,(H4,12,13,14,15,16,17). The first kappa shape index (κ1) is 11.7. The highest BCUT2D eigenvalue weighted by molar-refractivity contribution is 5.86. The van der Waals surface area contributed by atoms with Gasteiger partial charge in [0.1, 0.15) is 11.2 Å². The highest BCUT2D eigenvalue weighted by atomic mass is 16.5. The van der Waals surface area contributed by atoms with Gasteiger partial charge < -0.3 is 15.5 Å². The number of esters is 1. The molecule has 0 amide bonds. The van der Waals surface area contributed by atoms with Crippen LogP contribution < -0.4 is 11.3 Å². The van der Waals surface area contributed by atoms with Gasteiger partial charge in [0, 0.05) is 0 Å². The number of fused-ring (bicyclic) bond motifs is 1. The summed E-state index contributed by atoms with van der Waals surface area (Å²) in [6, 6.07) is 0. The molecule has 0 bridgehead atoms. The number of hydrogen-bond acceptors (Lipinski definition) is 6. The molecule has 0 aromatic carbocycles. The summed E-state index contributed by atoms with van der Waals surface area (Å²) in [7, 11) is 0. The van der Waals surface area contributed by atoms with E-state index in [9.17, 15) is 9.59 Å². The normalized spacial score (nSPS) is 16.5. The first-order chi connectivity index (χ1) is 9.06. The van der Waals surface area contributed by atoms with Crippen LogP contribution >= 0.6 is 0 Å². The maximum Gasteiger partial charge on any atom is 0.319 e. The number of nitrogens with two attached hydrogens (primary N) is 1. The lowest BCUT2D eigenvalue weighted by molar-refractivity contribution is -0.146. The average molecular weight is 263 g/mol. The second-order valence-electron chi connectivity index (χ2n) is 4.54. The van der Waals surface area contributed by atoms with Gasteiger partial charge in [-0.2, -0.15) is 4.98 Å². The third kappa shape index (κ3) is 1.67. The molecule has 19 heavy (non-hydrogen) atoms. The second kappa shape index (κ2) is 3.81. The van der Waals surface area contributed by atoms with E-state index in [4.69, 9.17) is 10.5 Å². The Morgan fingerprint density at radius 3 is 2.79 bits per heavy atom. The van der Waals surface area contributed by atoms with Crippen LogP contribution in [0, 0.1) is 0 Å². The van der Waals surface area contributed by atoms with Crippen molar-refractivity contribution in [2.24, 2.45) is 0 Å². The van der Waals surface area contributed by atoms with E-state index in [0.29, 0.717) is 25.3 Å². The van der Waals surface area contributed by atoms with Gasteiger partial charge >= 0.3 is 5.97 Å². The molecule has 100 valence electrons. The van der Waals surface area contributed by atoms with Crippen LogP contribution in [0.4, 0.5) is 5.95 Å². The minimum absolute atomic E-state index is 0.00321. The van der Waals surface area contributed by atoms with E-state index in [0.717, 1.165) is 0 Å². The molecule has 1 aliphatic rings. The molecule has 0 radical (unpaired) electrons. The number of carbonyl (C=O) groups excluding carboxylic acids is 1. The fourth-order valence-electron chi connectivity index (χ4n) is 2.08. The molecule has 2 aromatic heterocycles. The molecule has 2 aromatic rings. The number of aromatic nitrogens is 4. The van der Waals surface area contributed by atoms with Crippen molar-refractivity contribution in [3.8, 4) is 0 Å². The fraction of sp³-hybridized carbons (Fsp3) is 0.455. The lowest BCUT2D eigenvalue weighted by Gasteiger charge is -2.10. The molecule has 3 rings (SSSR count). The molecule has 0 aliphatic heterocycles. The first-order valence-electron chi connectivity index (χ1n) is 6.00. The fourth-order valence-corrected chi connectivity index (χ4v) is 2.08. The molecule has 0 atom stereocenters. The summed E-state index contributed by atoms with van der Waals surface area (Å²) >= 11 is 0. The Kier molecular flexibility index (Phi) is 2.34. The van der Waals surface area contributed by atoms with Crippen LogP contribution in [0.15, 0.2) is 4.79 Å². The number of nitrogen functional groups attached to an aromatic ring is 1. The summed E-state index contributed by atoms with van der Waals surface area (Å²) in [6.45, 7) is 2.06. The lowest BCUT2D eigenvalue weighted by Crippen LogP contribution is -2.24. The Hall–Kier alpha value is -2.38. The van der Waals surface area contributed by atoms with Crippen molar-refractivity contribution in [2.75, 3.05) is 12.3 Å². The van der Waals surface area contributed by atoms with E-state index in [2.05, 4.69) is 19.9 Å². The van der Waals surface area contributed by atoms with E-state index >= 15 is 0 Å². The number of aromatic amines is 2. The van der Waals surface area contributed by atoms with Crippen molar-refractivity contribution >= 4 is 23.1 Å². The van der Waals surface area contributed by atoms with Gasteiger partial charge in [-0.1, -0.05) is 0 Å². The Labute approximate surface area is 107 Å². The largest absolute Gasteiger partial charge is 0.465 e. The molecule has 0 unspecified atom stereocenters. The summed E-state index contributed by atoms with van der Waals surface area (Å²) in [4.78, 5) is 37.0. The van der Waals surface area contributed by atoms with Crippen molar-refractivity contribution < 1.29 is 9.53 Å². The number of anilines is 1. The van der Waals surface area contributed by atoms with Crippen molar-refractivity contribution in [2.45, 2.75) is 25.2 Å². The van der Waals surface area contributed by atoms with E-state index in [1.165, 1.54) is 0 Å². The number of hydrogen-bond donors (Lipinski definition) is 3. The monoisotopic (exact) mass is 263 g/mol. The van der Waals surface area contributed by atoms with Crippen LogP contribution in [0.25, 0.3) is 11.2 Å². The maximum atomic E-state index is 11.9. The van der Waals surface area contributed by atoms with Crippen molar-refractivity contribution in [3.05, 3.63) is 16.2 Å². The zero-order chi connectivity index (χ0) is 13.6. The van der Waals surface area contributed by atoms with Gasteiger partial charge in [-0.3, -0.25) is 14.6 Å². The van der Waals surface area contributed by atoms with E-state index in [-0.39, 0.29) is 23.1 Å². The molecule has 1 fully saturated rings. The SMILES string of the molecule is CCOC(=O)C1(c2nc3nc(N)[nH]c(=O)c3[nH]2)CC1. The summed E-state index contributed by atoms with van der Waals surface area (Å²) < 4.78 is 5.04. The number of nitrogens with zero attached hydrogens (tertiary/aromatic N) is 2. The van der Waals surface area contributed by atoms with Gasteiger partial charge in [-0.25, -0.2) is 4.98 Å². The Morgan fingerprint density at radius 1 is 1.42 bits per heavy atom. The number of carbonyl (C=O) groups is 1. The van der Waals surface area contributed by atoms with Crippen molar-refractivity contribution in [1.29, 1.82) is 0 Å². The molecule has 1 saturated carbocycles. The molecular weight excluding hydrogens is 250 g/mol. The lowest BCUT2D eigenvalue weighted by atomic mass is 10.1. The summed E-state index contributed by atoms with van der Waals surface area (Å²) in [5.74, 6) is 0.0968. The summed E-state index contributed by atoms with van der Waals surface area (Å²) in [5, 5.41) is 0. The Balaban J connectivity index is 2.10. The molecule has 0 saturated heterocycles. The molecule has 2 heterocycles. The zero-order valence-corrected chi connectivity index (χ0v) is 10.3. The predicted octanol–water partition coefficient (Wildman–Crippen LogP) is -0.177. The maximum absolute atomic E-state index is 11.9. The molecule has 8 nitrogen and oxygen atoms in total. The van der Waals surface area contributed by atoms with Gasteiger partial charge in [-0.15, -0.1) is 0 Å². The average Bonchev–Trinajstić information content (AvgIpc) is 3.05. The van der Waals surface area contributed by atoms with Crippen LogP contribution in [0.3, 0.4) is 0 Å². The second-order valence-corrected chi connectivity index (χ2v) is 4.54. The van der Waals surface area contributed by atoms with Gasteiger partial charge in [0.25, 0.3) is 5.56 Å². The predicted molar refractivity (Wildman–Crippen MR) is 66.5 cm³/mol. The molecule has 8 heteroatoms. The van der Waals surface area contributed by atoms with Gasteiger partial charge in [-0.05, 0) is 19.8 Å². The topological polar surface area (TPSA) is 127 Å². The van der Waals surface area contributed by atoms with Crippen LogP contribution in [0.2, 0.25) is 0 Å².